The van der Waals surface area contributed by atoms with Crippen LogP contribution in [0.4, 0.5) is 13.2 Å². The van der Waals surface area contributed by atoms with Crippen LogP contribution in [0.5, 0.6) is 5.75 Å². The molecule has 0 radical (unpaired) electrons. The predicted octanol–water partition coefficient (Wildman–Crippen LogP) is 4.32. The van der Waals surface area contributed by atoms with Gasteiger partial charge in [-0.2, -0.15) is 13.2 Å². The molecule has 7 nitrogen and oxygen atoms in total. The molecule has 0 aromatic heterocycles. The van der Waals surface area contributed by atoms with Crippen LogP contribution in [0, 0.1) is 0 Å². The van der Waals surface area contributed by atoms with Gasteiger partial charge >= 0.3 is 12.1 Å². The molecule has 1 saturated heterocycles. The highest BCUT2D eigenvalue weighted by molar-refractivity contribution is 7.90. The number of amides is 2. The molecular weight excluding hydrogens is 521 g/mol. The molecule has 0 aliphatic carbocycles. The standard InChI is InChI=1S/C27H29F3N2O5S/c1-4-31(5-2)24(33)19-8-6-18(7-9-19)22-17-26(12-14-32(15-13-26)25(34)27(28,29)30)37-23-11-10-20(16-21(22)23)38(3,35)36/h6-11,16-17H,4-5,12-15H2,1-3H3. The van der Waals surface area contributed by atoms with Crippen LogP contribution in [0.15, 0.2) is 53.4 Å². The molecule has 38 heavy (non-hydrogen) atoms. The second-order valence-electron chi connectivity index (χ2n) is 9.50. The molecule has 0 bridgehead atoms. The minimum absolute atomic E-state index is 0.0978. The average Bonchev–Trinajstić information content (AvgIpc) is 2.87. The number of nitrogens with zero attached hydrogens (tertiary/aromatic N) is 2. The van der Waals surface area contributed by atoms with Crippen LogP contribution >= 0.6 is 0 Å². The van der Waals surface area contributed by atoms with E-state index in [1.165, 1.54) is 12.1 Å². The number of hydrogen-bond acceptors (Lipinski definition) is 5. The van der Waals surface area contributed by atoms with Crippen molar-refractivity contribution in [2.24, 2.45) is 0 Å². The first kappa shape index (κ1) is 27.7. The van der Waals surface area contributed by atoms with Crippen LogP contribution in [0.1, 0.15) is 48.2 Å². The van der Waals surface area contributed by atoms with Gasteiger partial charge in [-0.3, -0.25) is 9.59 Å². The van der Waals surface area contributed by atoms with E-state index in [1.807, 2.05) is 13.8 Å². The van der Waals surface area contributed by atoms with Gasteiger partial charge in [0.25, 0.3) is 5.91 Å². The highest BCUT2D eigenvalue weighted by Gasteiger charge is 2.47. The molecule has 1 fully saturated rings. The Labute approximate surface area is 219 Å². The number of carbonyl (C=O) groups is 2. The number of hydrogen-bond donors (Lipinski definition) is 0. The van der Waals surface area contributed by atoms with Gasteiger partial charge in [0.15, 0.2) is 9.84 Å². The number of sulfone groups is 1. The van der Waals surface area contributed by atoms with Gasteiger partial charge in [0.2, 0.25) is 0 Å². The lowest BCUT2D eigenvalue weighted by atomic mass is 9.82. The van der Waals surface area contributed by atoms with E-state index in [4.69, 9.17) is 4.74 Å². The van der Waals surface area contributed by atoms with E-state index in [9.17, 15) is 31.2 Å². The summed E-state index contributed by atoms with van der Waals surface area (Å²) in [5.41, 5.74) is 1.39. The van der Waals surface area contributed by atoms with Crippen LogP contribution in [0.3, 0.4) is 0 Å². The summed E-state index contributed by atoms with van der Waals surface area (Å²) in [5.74, 6) is -1.59. The summed E-state index contributed by atoms with van der Waals surface area (Å²) >= 11 is 0. The summed E-state index contributed by atoms with van der Waals surface area (Å²) in [6.45, 7) is 4.64. The van der Waals surface area contributed by atoms with Crippen molar-refractivity contribution in [3.63, 3.8) is 0 Å². The highest BCUT2D eigenvalue weighted by Crippen LogP contribution is 2.44. The predicted molar refractivity (Wildman–Crippen MR) is 136 cm³/mol. The van der Waals surface area contributed by atoms with Gasteiger partial charge in [-0.15, -0.1) is 0 Å². The largest absolute Gasteiger partial charge is 0.482 e. The van der Waals surface area contributed by atoms with Crippen molar-refractivity contribution >= 4 is 27.2 Å². The summed E-state index contributed by atoms with van der Waals surface area (Å²) < 4.78 is 69.6. The van der Waals surface area contributed by atoms with E-state index in [1.54, 1.807) is 41.3 Å². The third-order valence-electron chi connectivity index (χ3n) is 7.02. The van der Waals surface area contributed by atoms with Crippen molar-refractivity contribution in [3.8, 4) is 5.75 Å². The second-order valence-corrected chi connectivity index (χ2v) is 11.5. The summed E-state index contributed by atoms with van der Waals surface area (Å²) in [4.78, 5) is 27.1. The molecule has 204 valence electrons. The monoisotopic (exact) mass is 550 g/mol. The van der Waals surface area contributed by atoms with E-state index < -0.39 is 27.5 Å². The Kier molecular flexibility index (Phi) is 7.35. The van der Waals surface area contributed by atoms with Gasteiger partial charge < -0.3 is 14.5 Å². The Morgan fingerprint density at radius 1 is 1.03 bits per heavy atom. The fraction of sp³-hybridized carbons (Fsp3) is 0.407. The molecule has 0 saturated carbocycles. The van der Waals surface area contributed by atoms with Crippen molar-refractivity contribution in [2.45, 2.75) is 43.4 Å². The van der Waals surface area contributed by atoms with E-state index in [0.717, 1.165) is 11.2 Å². The van der Waals surface area contributed by atoms with Gasteiger partial charge in [0, 0.05) is 56.4 Å². The molecule has 2 aromatic carbocycles. The number of benzene rings is 2. The quantitative estimate of drug-likeness (QED) is 0.554. The van der Waals surface area contributed by atoms with Crippen molar-refractivity contribution < 1.29 is 35.9 Å². The van der Waals surface area contributed by atoms with Crippen molar-refractivity contribution in [2.75, 3.05) is 32.4 Å². The number of likely N-dealkylation sites (tertiary alicyclic amines) is 1. The Balaban J connectivity index is 1.73. The summed E-state index contributed by atoms with van der Waals surface area (Å²) in [6, 6.07) is 11.4. The maximum Gasteiger partial charge on any atom is 0.471 e. The third kappa shape index (κ3) is 5.43. The highest BCUT2D eigenvalue weighted by atomic mass is 32.2. The number of ether oxygens (including phenoxy) is 1. The molecule has 0 N–H and O–H groups in total. The average molecular weight is 551 g/mol. The molecule has 0 unspecified atom stereocenters. The fourth-order valence-electron chi connectivity index (χ4n) is 4.87. The first-order chi connectivity index (χ1) is 17.8. The zero-order valence-electron chi connectivity index (χ0n) is 21.3. The lowest BCUT2D eigenvalue weighted by molar-refractivity contribution is -0.187. The molecule has 1 spiro atoms. The van der Waals surface area contributed by atoms with Crippen molar-refractivity contribution in [3.05, 3.63) is 65.2 Å². The smallest absolute Gasteiger partial charge is 0.471 e. The normalized spacial score (nSPS) is 16.9. The zero-order valence-corrected chi connectivity index (χ0v) is 22.2. The number of rotatable bonds is 5. The summed E-state index contributed by atoms with van der Waals surface area (Å²) in [6.07, 6.45) is -1.78. The SMILES string of the molecule is CCN(CC)C(=O)c1ccc(C2=CC3(CCN(C(=O)C(F)(F)F)CC3)Oc3ccc(S(C)(=O)=O)cc32)cc1. The van der Waals surface area contributed by atoms with Crippen LogP contribution in [0.2, 0.25) is 0 Å². The van der Waals surface area contributed by atoms with E-state index >= 15 is 0 Å². The lowest BCUT2D eigenvalue weighted by Crippen LogP contribution is -2.52. The van der Waals surface area contributed by atoms with Crippen LogP contribution in [-0.2, 0) is 14.6 Å². The minimum atomic E-state index is -4.95. The van der Waals surface area contributed by atoms with Gasteiger partial charge in [0.1, 0.15) is 11.4 Å². The molecule has 4 rings (SSSR count). The molecule has 2 aliphatic heterocycles. The Bertz CT molecular complexity index is 1370. The van der Waals surface area contributed by atoms with Gasteiger partial charge in [-0.1, -0.05) is 12.1 Å². The van der Waals surface area contributed by atoms with Gasteiger partial charge in [0.05, 0.1) is 4.90 Å². The molecular formula is C27H29F3N2O5S. The summed E-state index contributed by atoms with van der Waals surface area (Å²) in [5, 5.41) is 0. The van der Waals surface area contributed by atoms with Gasteiger partial charge in [-0.25, -0.2) is 8.42 Å². The first-order valence-electron chi connectivity index (χ1n) is 12.3. The van der Waals surface area contributed by atoms with Crippen LogP contribution in [0.25, 0.3) is 5.57 Å². The van der Waals surface area contributed by atoms with Gasteiger partial charge in [-0.05, 0) is 61.4 Å². The number of piperidine rings is 1. The Morgan fingerprint density at radius 2 is 1.63 bits per heavy atom. The molecule has 2 amide bonds. The molecule has 0 atom stereocenters. The zero-order chi connectivity index (χ0) is 27.9. The Hall–Kier alpha value is -3.34. The fourth-order valence-corrected chi connectivity index (χ4v) is 5.51. The number of fused-ring (bicyclic) bond motifs is 1. The number of alkyl halides is 3. The topological polar surface area (TPSA) is 84.0 Å². The first-order valence-corrected chi connectivity index (χ1v) is 14.2. The molecule has 11 heteroatoms. The maximum atomic E-state index is 13.0. The van der Waals surface area contributed by atoms with Crippen molar-refractivity contribution in [1.29, 1.82) is 0 Å². The number of halogens is 3. The molecule has 2 aromatic rings. The molecule has 2 aliphatic rings. The maximum absolute atomic E-state index is 13.0. The van der Waals surface area contributed by atoms with E-state index in [2.05, 4.69) is 0 Å². The Morgan fingerprint density at radius 3 is 2.16 bits per heavy atom. The van der Waals surface area contributed by atoms with Crippen LogP contribution < -0.4 is 4.74 Å². The third-order valence-corrected chi connectivity index (χ3v) is 8.13. The van der Waals surface area contributed by atoms with E-state index in [-0.39, 0.29) is 36.7 Å². The number of carbonyl (C=O) groups excluding carboxylic acids is 2. The summed E-state index contributed by atoms with van der Waals surface area (Å²) in [7, 11) is -3.52. The minimum Gasteiger partial charge on any atom is -0.482 e. The van der Waals surface area contributed by atoms with Crippen LogP contribution in [-0.4, -0.2) is 74.2 Å². The van der Waals surface area contributed by atoms with E-state index in [0.29, 0.717) is 41.1 Å². The molecule has 2 heterocycles. The van der Waals surface area contributed by atoms with Crippen molar-refractivity contribution in [1.82, 2.24) is 9.80 Å². The second kappa shape index (κ2) is 10.1. The lowest BCUT2D eigenvalue weighted by Gasteiger charge is -2.43.